The first-order chi connectivity index (χ1) is 16.9. The van der Waals surface area contributed by atoms with Crippen LogP contribution in [0.4, 0.5) is 5.69 Å². The maximum absolute atomic E-state index is 12.3. The van der Waals surface area contributed by atoms with Gasteiger partial charge >= 0.3 is 5.97 Å². The van der Waals surface area contributed by atoms with Gasteiger partial charge in [-0.25, -0.2) is 4.79 Å². The number of anilines is 1. The number of rotatable bonds is 10. The van der Waals surface area contributed by atoms with Gasteiger partial charge in [0, 0.05) is 23.3 Å². The number of nitrogens with zero attached hydrogens (tertiary/aromatic N) is 3. The van der Waals surface area contributed by atoms with E-state index in [1.54, 1.807) is 36.4 Å². The van der Waals surface area contributed by atoms with Crippen LogP contribution in [0.3, 0.4) is 0 Å². The van der Waals surface area contributed by atoms with Crippen molar-refractivity contribution in [2.45, 2.75) is 25.2 Å². The number of benzene rings is 2. The van der Waals surface area contributed by atoms with Crippen LogP contribution in [0.5, 0.6) is 0 Å². The molecule has 0 saturated heterocycles. The van der Waals surface area contributed by atoms with E-state index >= 15 is 0 Å². The number of methoxy groups -OCH3 is 1. The molecule has 0 atom stereocenters. The minimum absolute atomic E-state index is 0.115. The third-order valence-corrected chi connectivity index (χ3v) is 6.08. The van der Waals surface area contributed by atoms with E-state index < -0.39 is 5.97 Å². The molecule has 1 aromatic heterocycles. The Morgan fingerprint density at radius 2 is 1.86 bits per heavy atom. The monoisotopic (exact) mass is 513 g/mol. The Bertz CT molecular complexity index is 1230. The smallest absolute Gasteiger partial charge is 0.337 e. The van der Waals surface area contributed by atoms with Crippen molar-refractivity contribution in [3.05, 3.63) is 76.6 Å². The number of halogens is 1. The summed E-state index contributed by atoms with van der Waals surface area (Å²) >= 11 is 7.33. The molecule has 0 fully saturated rings. The summed E-state index contributed by atoms with van der Waals surface area (Å²) in [6.45, 7) is 2.69. The van der Waals surface area contributed by atoms with E-state index in [2.05, 4.69) is 25.6 Å². The molecule has 0 aliphatic rings. The minimum Gasteiger partial charge on any atom is -0.465 e. The Hall–Kier alpha value is -3.63. The minimum atomic E-state index is -0.444. The second-order valence-corrected chi connectivity index (χ2v) is 8.47. The van der Waals surface area contributed by atoms with Gasteiger partial charge in [0.2, 0.25) is 11.8 Å². The number of carbonyl (C=O) groups excluding carboxylic acids is 3. The summed E-state index contributed by atoms with van der Waals surface area (Å²) in [6.07, 6.45) is 3.05. The Morgan fingerprint density at radius 1 is 1.11 bits per heavy atom. The van der Waals surface area contributed by atoms with Gasteiger partial charge < -0.3 is 19.9 Å². The van der Waals surface area contributed by atoms with Gasteiger partial charge in [-0.15, -0.1) is 10.2 Å². The van der Waals surface area contributed by atoms with Gasteiger partial charge in [-0.1, -0.05) is 41.6 Å². The second kappa shape index (κ2) is 12.7. The molecule has 182 valence electrons. The molecule has 11 heteroatoms. The van der Waals surface area contributed by atoms with E-state index in [0.717, 1.165) is 5.56 Å². The summed E-state index contributed by atoms with van der Waals surface area (Å²) in [6, 6.07) is 13.6. The van der Waals surface area contributed by atoms with Crippen LogP contribution >= 0.6 is 23.4 Å². The Kier molecular flexibility index (Phi) is 9.45. The molecule has 0 unspecified atom stereocenters. The number of hydrogen-bond donors (Lipinski definition) is 2. The van der Waals surface area contributed by atoms with Crippen molar-refractivity contribution in [3.63, 3.8) is 0 Å². The zero-order valence-electron chi connectivity index (χ0n) is 19.2. The highest BCUT2D eigenvalue weighted by molar-refractivity contribution is 7.99. The molecule has 0 spiro atoms. The lowest BCUT2D eigenvalue weighted by Crippen LogP contribution is -2.22. The average molecular weight is 514 g/mol. The maximum atomic E-state index is 12.3. The highest BCUT2D eigenvalue weighted by Crippen LogP contribution is 2.19. The molecule has 2 amide bonds. The van der Waals surface area contributed by atoms with E-state index in [-0.39, 0.29) is 24.1 Å². The van der Waals surface area contributed by atoms with Crippen molar-refractivity contribution in [2.24, 2.45) is 0 Å². The van der Waals surface area contributed by atoms with Crippen molar-refractivity contribution >= 4 is 52.9 Å². The van der Waals surface area contributed by atoms with E-state index in [9.17, 15) is 14.4 Å². The Labute approximate surface area is 211 Å². The topological polar surface area (TPSA) is 115 Å². The van der Waals surface area contributed by atoms with E-state index in [0.29, 0.717) is 33.8 Å². The molecule has 2 N–H and O–H groups in total. The Morgan fingerprint density at radius 3 is 2.54 bits per heavy atom. The molecule has 0 aliphatic heterocycles. The van der Waals surface area contributed by atoms with Gasteiger partial charge in [-0.2, -0.15) is 0 Å². The molecular formula is C24H24ClN5O4S. The zero-order valence-corrected chi connectivity index (χ0v) is 20.7. The van der Waals surface area contributed by atoms with Gasteiger partial charge in [0.25, 0.3) is 0 Å². The van der Waals surface area contributed by atoms with Crippen LogP contribution in [0.15, 0.2) is 59.8 Å². The number of esters is 1. The highest BCUT2D eigenvalue weighted by atomic mass is 35.5. The molecule has 35 heavy (non-hydrogen) atoms. The van der Waals surface area contributed by atoms with Gasteiger partial charge in [0.15, 0.2) is 11.0 Å². The van der Waals surface area contributed by atoms with Crippen LogP contribution in [-0.2, 0) is 27.4 Å². The first-order valence-corrected chi connectivity index (χ1v) is 12.0. The van der Waals surface area contributed by atoms with Crippen molar-refractivity contribution in [3.8, 4) is 0 Å². The first kappa shape index (κ1) is 26.0. The van der Waals surface area contributed by atoms with Gasteiger partial charge in [0.05, 0.1) is 25.0 Å². The number of aromatic nitrogens is 3. The average Bonchev–Trinajstić information content (AvgIpc) is 3.27. The molecule has 0 aliphatic carbocycles. The number of thioether (sulfide) groups is 1. The van der Waals surface area contributed by atoms with Gasteiger partial charge in [-0.05, 0) is 48.9 Å². The van der Waals surface area contributed by atoms with Crippen LogP contribution < -0.4 is 10.6 Å². The molecule has 0 radical (unpaired) electrons. The fourth-order valence-corrected chi connectivity index (χ4v) is 4.03. The van der Waals surface area contributed by atoms with E-state index in [1.165, 1.54) is 24.9 Å². The van der Waals surface area contributed by atoms with Crippen LogP contribution in [0, 0.1) is 0 Å². The van der Waals surface area contributed by atoms with Gasteiger partial charge in [0.1, 0.15) is 0 Å². The summed E-state index contributed by atoms with van der Waals surface area (Å²) < 4.78 is 6.49. The molecule has 1 heterocycles. The summed E-state index contributed by atoms with van der Waals surface area (Å²) in [4.78, 5) is 36.0. The fraction of sp³-hybridized carbons (Fsp3) is 0.208. The molecular weight excluding hydrogens is 490 g/mol. The lowest BCUT2D eigenvalue weighted by molar-refractivity contribution is -0.116. The van der Waals surface area contributed by atoms with Gasteiger partial charge in [-0.3, -0.25) is 9.59 Å². The Balaban J connectivity index is 1.51. The summed E-state index contributed by atoms with van der Waals surface area (Å²) in [5, 5.41) is 15.0. The maximum Gasteiger partial charge on any atom is 0.337 e. The predicted octanol–water partition coefficient (Wildman–Crippen LogP) is 3.80. The van der Waals surface area contributed by atoms with Crippen molar-refractivity contribution in [1.29, 1.82) is 0 Å². The van der Waals surface area contributed by atoms with Crippen molar-refractivity contribution in [1.82, 2.24) is 20.1 Å². The summed E-state index contributed by atoms with van der Waals surface area (Å²) in [5.74, 6) is -0.272. The first-order valence-electron chi connectivity index (χ1n) is 10.6. The molecule has 3 rings (SSSR count). The summed E-state index contributed by atoms with van der Waals surface area (Å²) in [7, 11) is 1.31. The van der Waals surface area contributed by atoms with E-state index in [1.807, 2.05) is 29.7 Å². The molecule has 0 bridgehead atoms. The second-order valence-electron chi connectivity index (χ2n) is 7.12. The van der Waals surface area contributed by atoms with Crippen LogP contribution in [0.25, 0.3) is 6.08 Å². The predicted molar refractivity (Wildman–Crippen MR) is 135 cm³/mol. The van der Waals surface area contributed by atoms with Crippen molar-refractivity contribution < 1.29 is 19.1 Å². The standard InChI is InChI=1S/C24H24ClN5O4S/c1-3-30-20(14-26-21(31)13-10-16-6-4-5-7-19(16)25)28-29-24(30)35-15-22(32)27-18-11-8-17(9-12-18)23(33)34-2/h4-13H,3,14-15H2,1-2H3,(H,26,31)(H,27,32)/b13-10+. The molecule has 0 saturated carbocycles. The largest absolute Gasteiger partial charge is 0.465 e. The number of hydrogen-bond acceptors (Lipinski definition) is 7. The SMILES string of the molecule is CCn1c(CNC(=O)/C=C/c2ccccc2Cl)nnc1SCC(=O)Nc1ccc(C(=O)OC)cc1. The third kappa shape index (κ3) is 7.43. The third-order valence-electron chi connectivity index (χ3n) is 4.77. The summed E-state index contributed by atoms with van der Waals surface area (Å²) in [5.41, 5.74) is 1.71. The number of nitrogens with one attached hydrogen (secondary N) is 2. The van der Waals surface area contributed by atoms with Crippen LogP contribution in [0.1, 0.15) is 28.7 Å². The number of ether oxygens (including phenoxy) is 1. The highest BCUT2D eigenvalue weighted by Gasteiger charge is 2.14. The number of amides is 2. The molecule has 9 nitrogen and oxygen atoms in total. The quantitative estimate of drug-likeness (QED) is 0.241. The normalized spacial score (nSPS) is 10.8. The molecule has 3 aromatic rings. The number of carbonyl (C=O) groups is 3. The lowest BCUT2D eigenvalue weighted by Gasteiger charge is -2.08. The fourth-order valence-electron chi connectivity index (χ4n) is 3.01. The molecule has 2 aromatic carbocycles. The van der Waals surface area contributed by atoms with Crippen LogP contribution in [-0.4, -0.2) is 45.4 Å². The lowest BCUT2D eigenvalue weighted by atomic mass is 10.2. The van der Waals surface area contributed by atoms with Crippen molar-refractivity contribution in [2.75, 3.05) is 18.2 Å². The van der Waals surface area contributed by atoms with Crippen LogP contribution in [0.2, 0.25) is 5.02 Å². The zero-order chi connectivity index (χ0) is 25.2. The van der Waals surface area contributed by atoms with E-state index in [4.69, 9.17) is 11.6 Å².